The molecular weight excluding hydrogens is 442 g/mol. The predicted molar refractivity (Wildman–Crippen MR) is 138 cm³/mol. The van der Waals surface area contributed by atoms with Crippen molar-refractivity contribution < 1.29 is 18.3 Å². The zero-order valence-electron chi connectivity index (χ0n) is 21.3. The van der Waals surface area contributed by atoms with Gasteiger partial charge in [0.1, 0.15) is 0 Å². The Morgan fingerprint density at radius 3 is 2.17 bits per heavy atom. The van der Waals surface area contributed by atoms with Crippen LogP contribution in [-0.4, -0.2) is 12.7 Å². The summed E-state index contributed by atoms with van der Waals surface area (Å²) in [6.45, 7) is 4.82. The maximum absolute atomic E-state index is 14.7. The van der Waals surface area contributed by atoms with Crippen LogP contribution in [0.1, 0.15) is 100 Å². The molecule has 0 amide bonds. The van der Waals surface area contributed by atoms with Crippen LogP contribution < -0.4 is 4.74 Å². The first-order valence-corrected chi connectivity index (χ1v) is 13.5. The molecule has 2 aliphatic rings. The van der Waals surface area contributed by atoms with E-state index >= 15 is 0 Å². The van der Waals surface area contributed by atoms with E-state index in [0.717, 1.165) is 38.7 Å². The second-order valence-corrected chi connectivity index (χ2v) is 10.4. The molecular formula is C31H40F2O2. The molecule has 2 fully saturated rings. The quantitative estimate of drug-likeness (QED) is 0.332. The number of ether oxygens (including phenoxy) is 2. The van der Waals surface area contributed by atoms with E-state index in [1.807, 2.05) is 0 Å². The molecule has 0 heterocycles. The molecule has 35 heavy (non-hydrogen) atoms. The standard InChI is InChI=1S/C31H40F2O2/c1-3-5-22-6-10-24(11-7-22)25-12-8-23(9-13-25)21-35-27-16-14-26(15-17-27)28-18-19-29(34-20-4-2)31(33)30(28)32/h4,6-7,10-11,18-20,23,25-27H,3,5,8-9,12-17,21H2,1-2H3. The van der Waals surface area contributed by atoms with Crippen molar-refractivity contribution in [2.24, 2.45) is 5.92 Å². The van der Waals surface area contributed by atoms with E-state index in [2.05, 4.69) is 31.2 Å². The zero-order valence-corrected chi connectivity index (χ0v) is 21.3. The second kappa shape index (κ2) is 12.7. The van der Waals surface area contributed by atoms with Gasteiger partial charge in [0.05, 0.1) is 12.4 Å². The molecule has 0 N–H and O–H groups in total. The van der Waals surface area contributed by atoms with Gasteiger partial charge in [-0.15, -0.1) is 0 Å². The first-order chi connectivity index (χ1) is 17.1. The number of rotatable bonds is 9. The molecule has 4 rings (SSSR count). The van der Waals surface area contributed by atoms with E-state index in [-0.39, 0.29) is 17.8 Å². The largest absolute Gasteiger partial charge is 0.462 e. The van der Waals surface area contributed by atoms with E-state index in [1.54, 1.807) is 19.1 Å². The fraction of sp³-hybridized carbons (Fsp3) is 0.548. The summed E-state index contributed by atoms with van der Waals surface area (Å²) >= 11 is 0. The molecule has 190 valence electrons. The summed E-state index contributed by atoms with van der Waals surface area (Å²) in [4.78, 5) is 0. The zero-order chi connectivity index (χ0) is 24.6. The summed E-state index contributed by atoms with van der Waals surface area (Å²) in [5.74, 6) is -0.370. The Morgan fingerprint density at radius 1 is 0.829 bits per heavy atom. The van der Waals surface area contributed by atoms with Crippen molar-refractivity contribution in [1.29, 1.82) is 0 Å². The first-order valence-electron chi connectivity index (χ1n) is 13.5. The van der Waals surface area contributed by atoms with Gasteiger partial charge < -0.3 is 9.47 Å². The van der Waals surface area contributed by atoms with Crippen molar-refractivity contribution in [3.8, 4) is 5.75 Å². The van der Waals surface area contributed by atoms with Crippen LogP contribution in [0.25, 0.3) is 0 Å². The van der Waals surface area contributed by atoms with Crippen LogP contribution in [0, 0.1) is 17.6 Å². The van der Waals surface area contributed by atoms with Gasteiger partial charge in [-0.2, -0.15) is 4.39 Å². The van der Waals surface area contributed by atoms with Crippen LogP contribution in [0.2, 0.25) is 0 Å². The molecule has 0 bridgehead atoms. The SMILES string of the molecule is CC=COc1ccc(C2CCC(OCC3CCC(c4ccc(CCC)cc4)CC3)CC2)c(F)c1F. The van der Waals surface area contributed by atoms with Gasteiger partial charge >= 0.3 is 0 Å². The maximum atomic E-state index is 14.7. The Balaban J connectivity index is 1.19. The lowest BCUT2D eigenvalue weighted by Gasteiger charge is -2.32. The third kappa shape index (κ3) is 6.73. The molecule has 0 unspecified atom stereocenters. The minimum atomic E-state index is -0.897. The lowest BCUT2D eigenvalue weighted by Crippen LogP contribution is -2.25. The van der Waals surface area contributed by atoms with E-state index in [4.69, 9.17) is 9.47 Å². The molecule has 2 aliphatic carbocycles. The Morgan fingerprint density at radius 2 is 1.51 bits per heavy atom. The third-order valence-electron chi connectivity index (χ3n) is 7.93. The van der Waals surface area contributed by atoms with Gasteiger partial charge in [0.25, 0.3) is 0 Å². The molecule has 0 saturated heterocycles. The lowest BCUT2D eigenvalue weighted by atomic mass is 9.78. The molecule has 0 aromatic heterocycles. The van der Waals surface area contributed by atoms with Gasteiger partial charge in [-0.1, -0.05) is 49.8 Å². The molecule has 0 atom stereocenters. The summed E-state index contributed by atoms with van der Waals surface area (Å²) in [6.07, 6.45) is 14.0. The molecule has 2 saturated carbocycles. The van der Waals surface area contributed by atoms with Crippen LogP contribution in [0.3, 0.4) is 0 Å². The van der Waals surface area contributed by atoms with Crippen molar-refractivity contribution in [3.63, 3.8) is 0 Å². The number of aryl methyl sites for hydroxylation is 1. The van der Waals surface area contributed by atoms with Crippen LogP contribution in [-0.2, 0) is 11.2 Å². The lowest BCUT2D eigenvalue weighted by molar-refractivity contribution is -0.00289. The topological polar surface area (TPSA) is 18.5 Å². The highest BCUT2D eigenvalue weighted by Crippen LogP contribution is 2.39. The molecule has 0 radical (unpaired) electrons. The highest BCUT2D eigenvalue weighted by atomic mass is 19.2. The van der Waals surface area contributed by atoms with E-state index in [9.17, 15) is 8.78 Å². The molecule has 0 spiro atoms. The van der Waals surface area contributed by atoms with Gasteiger partial charge in [0.2, 0.25) is 5.82 Å². The number of allylic oxidation sites excluding steroid dienone is 1. The minimum absolute atomic E-state index is 0.0410. The molecule has 2 aromatic rings. The molecule has 4 heteroatoms. The summed E-state index contributed by atoms with van der Waals surface area (Å²) in [5.41, 5.74) is 3.40. The number of halogens is 2. The van der Waals surface area contributed by atoms with Crippen molar-refractivity contribution in [3.05, 3.63) is 77.1 Å². The average Bonchev–Trinajstić information content (AvgIpc) is 2.90. The summed E-state index contributed by atoms with van der Waals surface area (Å²) in [6, 6.07) is 12.5. The Bertz CT molecular complexity index is 953. The van der Waals surface area contributed by atoms with Crippen molar-refractivity contribution >= 4 is 0 Å². The fourth-order valence-corrected chi connectivity index (χ4v) is 5.81. The minimum Gasteiger partial charge on any atom is -0.462 e. The Hall–Kier alpha value is -2.20. The van der Waals surface area contributed by atoms with Gasteiger partial charge in [-0.25, -0.2) is 4.39 Å². The second-order valence-electron chi connectivity index (χ2n) is 10.4. The van der Waals surface area contributed by atoms with E-state index in [0.29, 0.717) is 17.4 Å². The first kappa shape index (κ1) is 25.9. The Labute approximate surface area is 209 Å². The summed E-state index contributed by atoms with van der Waals surface area (Å²) < 4.78 is 40.5. The third-order valence-corrected chi connectivity index (χ3v) is 7.93. The van der Waals surface area contributed by atoms with E-state index < -0.39 is 11.6 Å². The Kier molecular flexibility index (Phi) is 9.37. The number of benzene rings is 2. The van der Waals surface area contributed by atoms with Crippen molar-refractivity contribution in [2.45, 2.75) is 96.0 Å². The average molecular weight is 483 g/mol. The molecule has 2 nitrogen and oxygen atoms in total. The van der Waals surface area contributed by atoms with Gasteiger partial charge in [-0.05, 0) is 105 Å². The summed E-state index contributed by atoms with van der Waals surface area (Å²) in [7, 11) is 0. The van der Waals surface area contributed by atoms with Crippen LogP contribution >= 0.6 is 0 Å². The van der Waals surface area contributed by atoms with Crippen molar-refractivity contribution in [2.75, 3.05) is 6.61 Å². The van der Waals surface area contributed by atoms with Gasteiger partial charge in [0, 0.05) is 6.61 Å². The van der Waals surface area contributed by atoms with Crippen LogP contribution in [0.15, 0.2) is 48.7 Å². The summed E-state index contributed by atoms with van der Waals surface area (Å²) in [5, 5.41) is 0. The highest BCUT2D eigenvalue weighted by molar-refractivity contribution is 5.34. The molecule has 2 aromatic carbocycles. The predicted octanol–water partition coefficient (Wildman–Crippen LogP) is 8.85. The van der Waals surface area contributed by atoms with Gasteiger partial charge in [-0.3, -0.25) is 0 Å². The van der Waals surface area contributed by atoms with Crippen LogP contribution in [0.4, 0.5) is 8.78 Å². The smallest absolute Gasteiger partial charge is 0.201 e. The van der Waals surface area contributed by atoms with Gasteiger partial charge in [0.15, 0.2) is 11.6 Å². The highest BCUT2D eigenvalue weighted by Gasteiger charge is 2.28. The fourth-order valence-electron chi connectivity index (χ4n) is 5.81. The monoisotopic (exact) mass is 482 g/mol. The number of hydrogen-bond acceptors (Lipinski definition) is 2. The van der Waals surface area contributed by atoms with Crippen molar-refractivity contribution in [1.82, 2.24) is 0 Å². The van der Waals surface area contributed by atoms with E-state index in [1.165, 1.54) is 55.6 Å². The number of hydrogen-bond donors (Lipinski definition) is 0. The van der Waals surface area contributed by atoms with Crippen LogP contribution in [0.5, 0.6) is 5.75 Å². The normalized spacial score (nSPS) is 25.1. The maximum Gasteiger partial charge on any atom is 0.201 e. The molecule has 0 aliphatic heterocycles.